The first-order valence-corrected chi connectivity index (χ1v) is 11.3. The van der Waals surface area contributed by atoms with E-state index < -0.39 is 18.8 Å². The van der Waals surface area contributed by atoms with Gasteiger partial charge in [0.1, 0.15) is 24.5 Å². The van der Waals surface area contributed by atoms with E-state index in [4.69, 9.17) is 9.47 Å². The van der Waals surface area contributed by atoms with Crippen molar-refractivity contribution < 1.29 is 27.4 Å². The number of morpholine rings is 1. The summed E-state index contributed by atoms with van der Waals surface area (Å²) in [7, 11) is 0. The van der Waals surface area contributed by atoms with Crippen molar-refractivity contribution in [2.24, 2.45) is 0 Å². The second kappa shape index (κ2) is 11.4. The molecular formula is C23H25F3N6O4. The minimum Gasteiger partial charge on any atom is -0.448 e. The van der Waals surface area contributed by atoms with Gasteiger partial charge in [-0.15, -0.1) is 0 Å². The highest BCUT2D eigenvalue weighted by atomic mass is 19.4. The van der Waals surface area contributed by atoms with E-state index in [0.29, 0.717) is 31.0 Å². The number of hydrogen-bond acceptors (Lipinski definition) is 7. The smallest absolute Gasteiger partial charge is 0.411 e. The number of alkyl halides is 3. The number of benzene rings is 1. The minimum absolute atomic E-state index is 0.151. The van der Waals surface area contributed by atoms with Crippen molar-refractivity contribution in [2.45, 2.75) is 19.1 Å². The van der Waals surface area contributed by atoms with E-state index in [1.807, 2.05) is 0 Å². The number of carbonyl (C=O) groups is 1. The van der Waals surface area contributed by atoms with E-state index >= 15 is 0 Å². The first-order chi connectivity index (χ1) is 17.2. The van der Waals surface area contributed by atoms with Gasteiger partial charge in [0.2, 0.25) is 5.43 Å². The van der Waals surface area contributed by atoms with E-state index in [9.17, 15) is 22.8 Å². The van der Waals surface area contributed by atoms with Gasteiger partial charge in [-0.3, -0.25) is 19.7 Å². The molecule has 1 aromatic carbocycles. The molecule has 36 heavy (non-hydrogen) atoms. The summed E-state index contributed by atoms with van der Waals surface area (Å²) in [6.45, 7) is 2.59. The lowest BCUT2D eigenvalue weighted by atomic mass is 10.1. The van der Waals surface area contributed by atoms with E-state index in [1.165, 1.54) is 29.3 Å². The van der Waals surface area contributed by atoms with Gasteiger partial charge in [0.15, 0.2) is 0 Å². The summed E-state index contributed by atoms with van der Waals surface area (Å²) in [6.07, 6.45) is -1.04. The molecule has 0 radical (unpaired) electrons. The maximum Gasteiger partial charge on any atom is 0.411 e. The standard InChI is InChI=1S/C23H25F3N6O4/c24-23(25,26)16-31-15-19(14-27-31)32-5-4-21(33)20(29-32)13-17-2-1-3-18(12-17)28-22(34)36-11-8-30-6-9-35-10-7-30/h1-5,12,14-15H,6-11,13,16H2,(H,28,34). The Balaban J connectivity index is 1.37. The van der Waals surface area contributed by atoms with Gasteiger partial charge >= 0.3 is 12.3 Å². The number of carbonyl (C=O) groups excluding carboxylic acids is 1. The van der Waals surface area contributed by atoms with Crippen LogP contribution in [0, 0.1) is 0 Å². The van der Waals surface area contributed by atoms with Crippen molar-refractivity contribution in [3.63, 3.8) is 0 Å². The molecule has 0 aliphatic carbocycles. The monoisotopic (exact) mass is 506 g/mol. The molecule has 0 unspecified atom stereocenters. The summed E-state index contributed by atoms with van der Waals surface area (Å²) in [5.74, 6) is 0. The predicted octanol–water partition coefficient (Wildman–Crippen LogP) is 2.46. The Morgan fingerprint density at radius 2 is 2.00 bits per heavy atom. The van der Waals surface area contributed by atoms with Crippen LogP contribution >= 0.6 is 0 Å². The van der Waals surface area contributed by atoms with E-state index in [0.717, 1.165) is 17.8 Å². The van der Waals surface area contributed by atoms with E-state index in [-0.39, 0.29) is 29.8 Å². The zero-order chi connectivity index (χ0) is 25.5. The molecule has 3 heterocycles. The largest absolute Gasteiger partial charge is 0.448 e. The molecule has 192 valence electrons. The van der Waals surface area contributed by atoms with Crippen LogP contribution in [-0.2, 0) is 22.4 Å². The van der Waals surface area contributed by atoms with Crippen molar-refractivity contribution in [3.05, 3.63) is 70.4 Å². The third kappa shape index (κ3) is 7.39. The molecule has 0 bridgehead atoms. The number of hydrogen-bond donors (Lipinski definition) is 1. The third-order valence-corrected chi connectivity index (χ3v) is 5.39. The number of anilines is 1. The van der Waals surface area contributed by atoms with Crippen LogP contribution in [0.5, 0.6) is 0 Å². The zero-order valence-corrected chi connectivity index (χ0v) is 19.3. The van der Waals surface area contributed by atoms with Gasteiger partial charge in [0.25, 0.3) is 0 Å². The zero-order valence-electron chi connectivity index (χ0n) is 19.3. The number of aromatic nitrogens is 4. The number of amides is 1. The maximum absolute atomic E-state index is 12.6. The Bertz CT molecular complexity index is 1240. The molecule has 4 rings (SSSR count). The molecule has 1 aliphatic rings. The van der Waals surface area contributed by atoms with Gasteiger partial charge in [-0.1, -0.05) is 12.1 Å². The van der Waals surface area contributed by atoms with Gasteiger partial charge in [-0.2, -0.15) is 23.4 Å². The molecule has 1 fully saturated rings. The number of ether oxygens (including phenoxy) is 2. The fourth-order valence-corrected chi connectivity index (χ4v) is 3.65. The topological polar surface area (TPSA) is 104 Å². The molecule has 1 aliphatic heterocycles. The molecule has 3 aromatic rings. The Hall–Kier alpha value is -3.71. The summed E-state index contributed by atoms with van der Waals surface area (Å²) in [5.41, 5.74) is 1.35. The molecule has 1 amide bonds. The molecule has 0 spiro atoms. The molecule has 1 saturated heterocycles. The first-order valence-electron chi connectivity index (χ1n) is 11.3. The summed E-state index contributed by atoms with van der Waals surface area (Å²) in [4.78, 5) is 26.7. The lowest BCUT2D eigenvalue weighted by Crippen LogP contribution is -2.38. The van der Waals surface area contributed by atoms with Crippen LogP contribution in [0.25, 0.3) is 5.69 Å². The van der Waals surface area contributed by atoms with Crippen LogP contribution in [0.15, 0.2) is 53.7 Å². The van der Waals surface area contributed by atoms with Crippen LogP contribution < -0.4 is 10.7 Å². The second-order valence-corrected chi connectivity index (χ2v) is 8.17. The maximum atomic E-state index is 12.6. The fraction of sp³-hybridized carbons (Fsp3) is 0.391. The average Bonchev–Trinajstić information content (AvgIpc) is 3.28. The Morgan fingerprint density at radius 1 is 1.19 bits per heavy atom. The summed E-state index contributed by atoms with van der Waals surface area (Å²) >= 11 is 0. The number of nitrogens with zero attached hydrogens (tertiary/aromatic N) is 5. The Labute approximate surface area is 204 Å². The fourth-order valence-electron chi connectivity index (χ4n) is 3.65. The van der Waals surface area contributed by atoms with Gasteiger partial charge in [-0.25, -0.2) is 9.48 Å². The normalized spacial score (nSPS) is 14.5. The average molecular weight is 506 g/mol. The SMILES string of the molecule is O=C(Nc1cccc(Cc2nn(-c3cnn(CC(F)(F)F)c3)ccc2=O)c1)OCCN1CCOCC1. The van der Waals surface area contributed by atoms with Gasteiger partial charge in [0, 0.05) is 44.0 Å². The van der Waals surface area contributed by atoms with Gasteiger partial charge in [-0.05, 0) is 17.7 Å². The highest BCUT2D eigenvalue weighted by Gasteiger charge is 2.28. The predicted molar refractivity (Wildman–Crippen MR) is 123 cm³/mol. The Morgan fingerprint density at radius 3 is 2.78 bits per heavy atom. The van der Waals surface area contributed by atoms with Crippen LogP contribution in [-0.4, -0.2) is 76.2 Å². The lowest BCUT2D eigenvalue weighted by molar-refractivity contribution is -0.142. The summed E-state index contributed by atoms with van der Waals surface area (Å²) < 4.78 is 50.4. The molecule has 0 saturated carbocycles. The van der Waals surface area contributed by atoms with Gasteiger partial charge < -0.3 is 9.47 Å². The van der Waals surface area contributed by atoms with Crippen LogP contribution in [0.1, 0.15) is 11.3 Å². The van der Waals surface area contributed by atoms with E-state index in [2.05, 4.69) is 20.4 Å². The first kappa shape index (κ1) is 25.4. The van der Waals surface area contributed by atoms with Crippen LogP contribution in [0.3, 0.4) is 0 Å². The Kier molecular flexibility index (Phi) is 8.00. The number of nitrogens with one attached hydrogen (secondary N) is 1. The van der Waals surface area contributed by atoms with Crippen molar-refractivity contribution >= 4 is 11.8 Å². The molecule has 2 aromatic heterocycles. The van der Waals surface area contributed by atoms with Crippen molar-refractivity contribution in [1.82, 2.24) is 24.5 Å². The molecule has 1 N–H and O–H groups in total. The van der Waals surface area contributed by atoms with Crippen molar-refractivity contribution in [1.29, 1.82) is 0 Å². The second-order valence-electron chi connectivity index (χ2n) is 8.17. The highest BCUT2D eigenvalue weighted by Crippen LogP contribution is 2.18. The van der Waals surface area contributed by atoms with E-state index in [1.54, 1.807) is 24.3 Å². The third-order valence-electron chi connectivity index (χ3n) is 5.39. The van der Waals surface area contributed by atoms with Gasteiger partial charge in [0.05, 0.1) is 25.6 Å². The minimum atomic E-state index is -4.40. The van der Waals surface area contributed by atoms with Crippen LogP contribution in [0.2, 0.25) is 0 Å². The summed E-state index contributed by atoms with van der Waals surface area (Å²) in [6, 6.07) is 8.18. The molecule has 0 atom stereocenters. The molecular weight excluding hydrogens is 481 g/mol. The molecule has 10 nitrogen and oxygen atoms in total. The number of halogens is 3. The quantitative estimate of drug-likeness (QED) is 0.501. The van der Waals surface area contributed by atoms with Crippen molar-refractivity contribution in [3.8, 4) is 5.69 Å². The lowest BCUT2D eigenvalue weighted by Gasteiger charge is -2.26. The highest BCUT2D eigenvalue weighted by molar-refractivity contribution is 5.84. The number of rotatable bonds is 8. The summed E-state index contributed by atoms with van der Waals surface area (Å²) in [5, 5.41) is 10.6. The van der Waals surface area contributed by atoms with Crippen molar-refractivity contribution in [2.75, 3.05) is 44.8 Å². The molecule has 13 heteroatoms. The van der Waals surface area contributed by atoms with Crippen LogP contribution in [0.4, 0.5) is 23.7 Å².